The van der Waals surface area contributed by atoms with Crippen LogP contribution in [0.4, 0.5) is 4.79 Å². The zero-order chi connectivity index (χ0) is 12.3. The summed E-state index contributed by atoms with van der Waals surface area (Å²) in [6, 6.07) is 10.4. The Morgan fingerprint density at radius 3 is 2.72 bits per heavy atom. The molecular formula is C13H19ClN2O2. The third kappa shape index (κ3) is 3.62. The second-order valence-electron chi connectivity index (χ2n) is 4.56. The van der Waals surface area contributed by atoms with Crippen LogP contribution in [0.3, 0.4) is 0 Å². The Kier molecular flexibility index (Phi) is 5.44. The van der Waals surface area contributed by atoms with Crippen LogP contribution in [-0.2, 0) is 6.54 Å². The summed E-state index contributed by atoms with van der Waals surface area (Å²) in [4.78, 5) is 14.6. The number of nitrogens with zero attached hydrogens (tertiary/aromatic N) is 2. The Bertz CT molecular complexity index is 386. The van der Waals surface area contributed by atoms with Gasteiger partial charge in [-0.05, 0) is 12.0 Å². The fourth-order valence-electron chi connectivity index (χ4n) is 2.27. The molecule has 1 fully saturated rings. The Balaban J connectivity index is 0.00000162. The molecule has 1 aromatic rings. The molecule has 1 atom stereocenters. The van der Waals surface area contributed by atoms with Crippen molar-refractivity contribution < 1.29 is 9.90 Å². The van der Waals surface area contributed by atoms with Gasteiger partial charge in [0.2, 0.25) is 0 Å². The zero-order valence-electron chi connectivity index (χ0n) is 10.5. The van der Waals surface area contributed by atoms with E-state index in [4.69, 9.17) is 5.11 Å². The van der Waals surface area contributed by atoms with Gasteiger partial charge in [0, 0.05) is 32.7 Å². The van der Waals surface area contributed by atoms with Crippen molar-refractivity contribution in [2.24, 2.45) is 0 Å². The predicted octanol–water partition coefficient (Wildman–Crippen LogP) is 2.29. The summed E-state index contributed by atoms with van der Waals surface area (Å²) in [6.45, 7) is 2.71. The van der Waals surface area contributed by atoms with Crippen LogP contribution in [0.5, 0.6) is 0 Å². The van der Waals surface area contributed by atoms with Gasteiger partial charge in [0.05, 0.1) is 0 Å². The molecular weight excluding hydrogens is 252 g/mol. The number of likely N-dealkylation sites (tertiary alicyclic amines) is 1. The summed E-state index contributed by atoms with van der Waals surface area (Å²) in [5, 5.41) is 8.93. The van der Waals surface area contributed by atoms with E-state index in [2.05, 4.69) is 17.0 Å². The van der Waals surface area contributed by atoms with E-state index >= 15 is 0 Å². The monoisotopic (exact) mass is 270 g/mol. The normalized spacial score (nSPS) is 19.3. The molecule has 0 radical (unpaired) electrons. The quantitative estimate of drug-likeness (QED) is 0.917. The third-order valence-corrected chi connectivity index (χ3v) is 3.35. The largest absolute Gasteiger partial charge is 0.465 e. The number of carbonyl (C=O) groups is 1. The SMILES string of the molecule is CN(C(=O)O)C1CCN(Cc2ccccc2)C1.Cl. The summed E-state index contributed by atoms with van der Waals surface area (Å²) in [5.74, 6) is 0. The van der Waals surface area contributed by atoms with Gasteiger partial charge in [0.25, 0.3) is 0 Å². The summed E-state index contributed by atoms with van der Waals surface area (Å²) in [7, 11) is 1.65. The standard InChI is InChI=1S/C13H18N2O2.ClH/c1-14(13(16)17)12-7-8-15(10-12)9-11-5-3-2-4-6-11;/h2-6,12H,7-10H2,1H3,(H,16,17);1H. The number of hydrogen-bond donors (Lipinski definition) is 1. The average molecular weight is 271 g/mol. The van der Waals surface area contributed by atoms with E-state index in [1.807, 2.05) is 18.2 Å². The lowest BCUT2D eigenvalue weighted by molar-refractivity contribution is 0.138. The Labute approximate surface area is 114 Å². The summed E-state index contributed by atoms with van der Waals surface area (Å²) in [5.41, 5.74) is 1.28. The van der Waals surface area contributed by atoms with Crippen LogP contribution in [-0.4, -0.2) is 47.2 Å². The minimum Gasteiger partial charge on any atom is -0.465 e. The fraction of sp³-hybridized carbons (Fsp3) is 0.462. The van der Waals surface area contributed by atoms with Crippen molar-refractivity contribution in [2.45, 2.75) is 19.0 Å². The van der Waals surface area contributed by atoms with Crippen molar-refractivity contribution in [2.75, 3.05) is 20.1 Å². The first-order valence-electron chi connectivity index (χ1n) is 5.89. The smallest absolute Gasteiger partial charge is 0.407 e. The van der Waals surface area contributed by atoms with Crippen LogP contribution in [0.25, 0.3) is 0 Å². The van der Waals surface area contributed by atoms with Crippen molar-refractivity contribution >= 4 is 18.5 Å². The van der Waals surface area contributed by atoms with E-state index in [-0.39, 0.29) is 18.4 Å². The van der Waals surface area contributed by atoms with Crippen LogP contribution in [0.1, 0.15) is 12.0 Å². The highest BCUT2D eigenvalue weighted by Gasteiger charge is 2.27. The van der Waals surface area contributed by atoms with Gasteiger partial charge in [-0.3, -0.25) is 4.90 Å². The predicted molar refractivity (Wildman–Crippen MR) is 73.2 cm³/mol. The maximum absolute atomic E-state index is 10.9. The minimum absolute atomic E-state index is 0. The van der Waals surface area contributed by atoms with Gasteiger partial charge in [0.1, 0.15) is 0 Å². The van der Waals surface area contributed by atoms with Gasteiger partial charge in [-0.25, -0.2) is 4.79 Å². The first-order chi connectivity index (χ1) is 8.16. The highest BCUT2D eigenvalue weighted by Crippen LogP contribution is 2.17. The molecule has 1 heterocycles. The van der Waals surface area contributed by atoms with E-state index in [9.17, 15) is 4.79 Å². The van der Waals surface area contributed by atoms with Gasteiger partial charge >= 0.3 is 6.09 Å². The molecule has 1 aliphatic heterocycles. The highest BCUT2D eigenvalue weighted by molar-refractivity contribution is 5.85. The molecule has 0 saturated carbocycles. The first-order valence-corrected chi connectivity index (χ1v) is 5.89. The number of halogens is 1. The molecule has 0 bridgehead atoms. The Morgan fingerprint density at radius 1 is 1.44 bits per heavy atom. The molecule has 4 nitrogen and oxygen atoms in total. The van der Waals surface area contributed by atoms with E-state index < -0.39 is 6.09 Å². The molecule has 5 heteroatoms. The summed E-state index contributed by atoms with van der Waals surface area (Å²) < 4.78 is 0. The van der Waals surface area contributed by atoms with E-state index in [1.54, 1.807) is 7.05 Å². The molecule has 0 aliphatic carbocycles. The van der Waals surface area contributed by atoms with Crippen LogP contribution >= 0.6 is 12.4 Å². The van der Waals surface area contributed by atoms with Gasteiger partial charge < -0.3 is 10.0 Å². The molecule has 1 amide bonds. The molecule has 1 unspecified atom stereocenters. The van der Waals surface area contributed by atoms with Crippen molar-refractivity contribution in [1.29, 1.82) is 0 Å². The van der Waals surface area contributed by atoms with Crippen molar-refractivity contribution in [3.8, 4) is 0 Å². The maximum atomic E-state index is 10.9. The topological polar surface area (TPSA) is 43.8 Å². The van der Waals surface area contributed by atoms with Gasteiger partial charge in [0.15, 0.2) is 0 Å². The van der Waals surface area contributed by atoms with E-state index in [0.717, 1.165) is 26.1 Å². The fourth-order valence-corrected chi connectivity index (χ4v) is 2.27. The Hall–Kier alpha value is -1.26. The van der Waals surface area contributed by atoms with Gasteiger partial charge in [-0.1, -0.05) is 30.3 Å². The zero-order valence-corrected chi connectivity index (χ0v) is 11.3. The molecule has 1 saturated heterocycles. The maximum Gasteiger partial charge on any atom is 0.407 e. The lowest BCUT2D eigenvalue weighted by Crippen LogP contribution is -2.37. The molecule has 1 N–H and O–H groups in total. The highest BCUT2D eigenvalue weighted by atomic mass is 35.5. The van der Waals surface area contributed by atoms with Crippen molar-refractivity contribution in [3.05, 3.63) is 35.9 Å². The minimum atomic E-state index is -0.837. The average Bonchev–Trinajstić information content (AvgIpc) is 2.77. The van der Waals surface area contributed by atoms with E-state index in [0.29, 0.717) is 0 Å². The molecule has 1 aliphatic rings. The number of carboxylic acid groups (broad SMARTS) is 1. The first kappa shape index (κ1) is 14.8. The van der Waals surface area contributed by atoms with Gasteiger partial charge in [-0.2, -0.15) is 0 Å². The number of benzene rings is 1. The van der Waals surface area contributed by atoms with Gasteiger partial charge in [-0.15, -0.1) is 12.4 Å². The lowest BCUT2D eigenvalue weighted by atomic mass is 10.2. The number of rotatable bonds is 3. The summed E-state index contributed by atoms with van der Waals surface area (Å²) >= 11 is 0. The third-order valence-electron chi connectivity index (χ3n) is 3.35. The molecule has 1 aromatic carbocycles. The lowest BCUT2D eigenvalue weighted by Gasteiger charge is -2.22. The van der Waals surface area contributed by atoms with Crippen molar-refractivity contribution in [3.63, 3.8) is 0 Å². The second kappa shape index (κ2) is 6.61. The number of likely N-dealkylation sites (N-methyl/N-ethyl adjacent to an activating group) is 1. The van der Waals surface area contributed by atoms with Crippen LogP contribution < -0.4 is 0 Å². The van der Waals surface area contributed by atoms with Crippen LogP contribution in [0.15, 0.2) is 30.3 Å². The Morgan fingerprint density at radius 2 is 2.11 bits per heavy atom. The summed E-state index contributed by atoms with van der Waals surface area (Å²) in [6.07, 6.45) is 0.0897. The molecule has 18 heavy (non-hydrogen) atoms. The number of hydrogen-bond acceptors (Lipinski definition) is 2. The molecule has 2 rings (SSSR count). The van der Waals surface area contributed by atoms with E-state index in [1.165, 1.54) is 10.5 Å². The van der Waals surface area contributed by atoms with Crippen LogP contribution in [0.2, 0.25) is 0 Å². The number of amides is 1. The second-order valence-corrected chi connectivity index (χ2v) is 4.56. The molecule has 0 aromatic heterocycles. The van der Waals surface area contributed by atoms with Crippen LogP contribution in [0, 0.1) is 0 Å². The van der Waals surface area contributed by atoms with Crippen molar-refractivity contribution in [1.82, 2.24) is 9.80 Å². The molecule has 0 spiro atoms. The molecule has 100 valence electrons.